The third-order valence-corrected chi connectivity index (χ3v) is 5.47. The van der Waals surface area contributed by atoms with Gasteiger partial charge in [0.2, 0.25) is 0 Å². The van der Waals surface area contributed by atoms with Gasteiger partial charge in [-0.25, -0.2) is 8.78 Å². The van der Waals surface area contributed by atoms with Gasteiger partial charge in [0.25, 0.3) is 0 Å². The summed E-state index contributed by atoms with van der Waals surface area (Å²) in [6.45, 7) is 0. The van der Waals surface area contributed by atoms with Crippen molar-refractivity contribution in [2.24, 2.45) is 0 Å². The first-order chi connectivity index (χ1) is 17.9. The monoisotopic (exact) mass is 538 g/mol. The maximum atomic E-state index is 12.8. The molecule has 0 heterocycles. The molecule has 4 rings (SSSR count). The Hall–Kier alpha value is -3.93. The van der Waals surface area contributed by atoms with Crippen LogP contribution in [0.25, 0.3) is 11.6 Å². The van der Waals surface area contributed by atoms with Gasteiger partial charge < -0.3 is 4.79 Å². The Balaban J connectivity index is 0.000000214. The largest absolute Gasteiger partial charge is 0.303 e. The van der Waals surface area contributed by atoms with Crippen molar-refractivity contribution in [3.05, 3.63) is 141 Å². The molecule has 0 aliphatic carbocycles. The van der Waals surface area contributed by atoms with Gasteiger partial charge in [0.1, 0.15) is 17.9 Å². The number of carbonyl (C=O) groups excluding carboxylic acids is 3. The van der Waals surface area contributed by atoms with Crippen molar-refractivity contribution in [2.75, 3.05) is 0 Å². The molecular weight excluding hydrogens is 517 g/mol. The number of allylic oxidation sites excluding steroid dienone is 1. The number of halogens is 4. The molecule has 4 aromatic carbocycles. The van der Waals surface area contributed by atoms with Crippen molar-refractivity contribution in [2.45, 2.75) is 6.42 Å². The van der Waals surface area contributed by atoms with Crippen molar-refractivity contribution in [1.82, 2.24) is 0 Å². The summed E-state index contributed by atoms with van der Waals surface area (Å²) in [5, 5.41) is 1.08. The fourth-order valence-corrected chi connectivity index (χ4v) is 3.25. The van der Waals surface area contributed by atoms with E-state index in [-0.39, 0.29) is 11.6 Å². The zero-order valence-electron chi connectivity index (χ0n) is 19.5. The van der Waals surface area contributed by atoms with Gasteiger partial charge in [0.15, 0.2) is 12.6 Å². The van der Waals surface area contributed by atoms with Gasteiger partial charge in [-0.05, 0) is 59.2 Å². The molecule has 37 heavy (non-hydrogen) atoms. The van der Waals surface area contributed by atoms with Crippen LogP contribution in [0.1, 0.15) is 27.0 Å². The van der Waals surface area contributed by atoms with Crippen LogP contribution in [-0.2, 0) is 16.0 Å². The number of carbonyl (C=O) groups is 3. The zero-order chi connectivity index (χ0) is 27.0. The summed E-state index contributed by atoms with van der Waals surface area (Å²) in [6.07, 6.45) is 4.31. The van der Waals surface area contributed by atoms with E-state index < -0.39 is 0 Å². The summed E-state index contributed by atoms with van der Waals surface area (Å²) < 4.78 is 25.1. The second-order valence-electron chi connectivity index (χ2n) is 7.38. The van der Waals surface area contributed by atoms with Gasteiger partial charge >= 0.3 is 0 Å². The topological polar surface area (TPSA) is 51.2 Å². The Morgan fingerprint density at radius 3 is 1.57 bits per heavy atom. The van der Waals surface area contributed by atoms with E-state index in [4.69, 9.17) is 23.2 Å². The molecule has 3 nitrogen and oxygen atoms in total. The standard InChI is InChI=1S/C15H10ClFO.C8H7FO.C7H5ClO/c16-15-4-2-1-3-12(15)9-13(10-18)11-5-7-14(17)8-6-11;9-8-3-1-7(2-4-8)5-6-10;8-7-4-2-1-3-6(7)5-9/h1-10H;1-4,6H,5H2;1-5H/b13-9+;;. The van der Waals surface area contributed by atoms with Gasteiger partial charge in [0.05, 0.1) is 5.02 Å². The second-order valence-corrected chi connectivity index (χ2v) is 8.20. The van der Waals surface area contributed by atoms with Gasteiger partial charge in [0, 0.05) is 22.6 Å². The number of benzene rings is 4. The highest BCUT2D eigenvalue weighted by Gasteiger charge is 2.03. The quantitative estimate of drug-likeness (QED) is 0.142. The lowest BCUT2D eigenvalue weighted by atomic mass is 10.0. The van der Waals surface area contributed by atoms with E-state index in [1.165, 1.54) is 24.3 Å². The Labute approximate surface area is 224 Å². The maximum Gasteiger partial charge on any atom is 0.151 e. The van der Waals surface area contributed by atoms with Crippen molar-refractivity contribution in [3.63, 3.8) is 0 Å². The number of rotatable bonds is 6. The third kappa shape index (κ3) is 10.3. The molecule has 0 atom stereocenters. The third-order valence-electron chi connectivity index (χ3n) is 4.79. The highest BCUT2D eigenvalue weighted by molar-refractivity contribution is 6.33. The number of hydrogen-bond donors (Lipinski definition) is 0. The fourth-order valence-electron chi connectivity index (χ4n) is 2.87. The molecule has 188 valence electrons. The lowest BCUT2D eigenvalue weighted by molar-refractivity contribution is -0.107. The molecule has 0 aromatic heterocycles. The molecule has 0 fully saturated rings. The van der Waals surface area contributed by atoms with Crippen LogP contribution in [-0.4, -0.2) is 18.9 Å². The average Bonchev–Trinajstić information content (AvgIpc) is 2.91. The maximum absolute atomic E-state index is 12.8. The van der Waals surface area contributed by atoms with Gasteiger partial charge in [-0.15, -0.1) is 0 Å². The molecule has 0 radical (unpaired) electrons. The van der Waals surface area contributed by atoms with E-state index >= 15 is 0 Å². The van der Waals surface area contributed by atoms with Crippen molar-refractivity contribution in [3.8, 4) is 0 Å². The van der Waals surface area contributed by atoms with Gasteiger partial charge in [-0.1, -0.05) is 83.9 Å². The first-order valence-electron chi connectivity index (χ1n) is 10.9. The van der Waals surface area contributed by atoms with Crippen LogP contribution in [0.4, 0.5) is 8.78 Å². The second kappa shape index (κ2) is 15.9. The summed E-state index contributed by atoms with van der Waals surface area (Å²) in [5.74, 6) is -0.601. The van der Waals surface area contributed by atoms with Crippen LogP contribution in [0.15, 0.2) is 97.1 Å². The minimum atomic E-state index is -0.332. The van der Waals surface area contributed by atoms with Crippen LogP contribution in [0.5, 0.6) is 0 Å². The van der Waals surface area contributed by atoms with Crippen LogP contribution in [0.2, 0.25) is 10.0 Å². The SMILES string of the molecule is O=C/C(=C\c1ccccc1Cl)c1ccc(F)cc1.O=CCc1ccc(F)cc1.O=Cc1ccccc1Cl. The number of aldehydes is 3. The van der Waals surface area contributed by atoms with Gasteiger partial charge in [-0.2, -0.15) is 0 Å². The van der Waals surface area contributed by atoms with Crippen molar-refractivity contribution >= 4 is 53.7 Å². The molecule has 0 aliphatic heterocycles. The first kappa shape index (κ1) is 29.3. The smallest absolute Gasteiger partial charge is 0.151 e. The van der Waals surface area contributed by atoms with E-state index in [1.54, 1.807) is 60.7 Å². The highest BCUT2D eigenvalue weighted by Crippen LogP contribution is 2.22. The molecule has 0 N–H and O–H groups in total. The van der Waals surface area contributed by atoms with E-state index in [9.17, 15) is 23.2 Å². The lowest BCUT2D eigenvalue weighted by Crippen LogP contribution is -1.87. The predicted molar refractivity (Wildman–Crippen MR) is 145 cm³/mol. The molecule has 0 saturated heterocycles. The predicted octanol–water partition coefficient (Wildman–Crippen LogP) is 7.94. The Kier molecular flexibility index (Phi) is 12.6. The Bertz CT molecular complexity index is 1340. The summed E-state index contributed by atoms with van der Waals surface area (Å²) >= 11 is 11.6. The molecule has 0 bridgehead atoms. The molecule has 4 aromatic rings. The highest BCUT2D eigenvalue weighted by atomic mass is 35.5. The number of hydrogen-bond acceptors (Lipinski definition) is 3. The van der Waals surface area contributed by atoms with E-state index in [0.29, 0.717) is 33.2 Å². The molecule has 0 aliphatic rings. The molecule has 0 unspecified atom stereocenters. The normalized spacial score (nSPS) is 10.2. The van der Waals surface area contributed by atoms with Crippen LogP contribution >= 0.6 is 23.2 Å². The lowest BCUT2D eigenvalue weighted by Gasteiger charge is -2.02. The van der Waals surface area contributed by atoms with Crippen LogP contribution < -0.4 is 0 Å². The van der Waals surface area contributed by atoms with E-state index in [2.05, 4.69) is 0 Å². The van der Waals surface area contributed by atoms with E-state index in [0.717, 1.165) is 30.0 Å². The van der Waals surface area contributed by atoms with Gasteiger partial charge in [-0.3, -0.25) is 9.59 Å². The van der Waals surface area contributed by atoms with E-state index in [1.807, 2.05) is 18.2 Å². The molecule has 0 spiro atoms. The molecule has 7 heteroatoms. The van der Waals surface area contributed by atoms with Crippen molar-refractivity contribution < 1.29 is 23.2 Å². The average molecular weight is 539 g/mol. The minimum absolute atomic E-state index is 0.269. The summed E-state index contributed by atoms with van der Waals surface area (Å²) in [5.41, 5.74) is 3.26. The first-order valence-corrected chi connectivity index (χ1v) is 11.7. The fraction of sp³-hybridized carbons (Fsp3) is 0.0333. The van der Waals surface area contributed by atoms with Crippen molar-refractivity contribution in [1.29, 1.82) is 0 Å². The Morgan fingerprint density at radius 2 is 1.14 bits per heavy atom. The summed E-state index contributed by atoms with van der Waals surface area (Å²) in [4.78, 5) is 31.2. The van der Waals surface area contributed by atoms with Crippen LogP contribution in [0, 0.1) is 11.6 Å². The molecular formula is C30H22Cl2F2O3. The summed E-state index contributed by atoms with van der Waals surface area (Å²) in [7, 11) is 0. The Morgan fingerprint density at radius 1 is 0.649 bits per heavy atom. The minimum Gasteiger partial charge on any atom is -0.303 e. The summed E-state index contributed by atoms with van der Waals surface area (Å²) in [6, 6.07) is 25.8. The zero-order valence-corrected chi connectivity index (χ0v) is 21.0. The molecule has 0 saturated carbocycles. The molecule has 0 amide bonds. The van der Waals surface area contributed by atoms with Crippen LogP contribution in [0.3, 0.4) is 0 Å².